The van der Waals surface area contributed by atoms with E-state index in [-0.39, 0.29) is 5.97 Å². The third kappa shape index (κ3) is 7.07. The van der Waals surface area contributed by atoms with E-state index in [0.29, 0.717) is 37.8 Å². The van der Waals surface area contributed by atoms with Gasteiger partial charge in [0.25, 0.3) is 0 Å². The highest BCUT2D eigenvalue weighted by atomic mass is 16.5. The number of carbonyl (C=O) groups is 2. The molecule has 0 aliphatic heterocycles. The lowest BCUT2D eigenvalue weighted by atomic mass is 9.84. The Labute approximate surface area is 129 Å². The molecule has 0 heterocycles. The first-order chi connectivity index (χ1) is 9.97. The van der Waals surface area contributed by atoms with Crippen molar-refractivity contribution in [2.75, 3.05) is 27.2 Å². The summed E-state index contributed by atoms with van der Waals surface area (Å²) in [6.45, 7) is 5.58. The van der Waals surface area contributed by atoms with Gasteiger partial charge in [-0.15, -0.1) is 0 Å². The zero-order valence-electron chi connectivity index (χ0n) is 14.0. The van der Waals surface area contributed by atoms with Crippen LogP contribution in [0.2, 0.25) is 0 Å². The molecule has 0 aromatic heterocycles. The Hall–Kier alpha value is -0.900. The average Bonchev–Trinajstić information content (AvgIpc) is 3.14. The van der Waals surface area contributed by atoms with Crippen LogP contribution >= 0.6 is 0 Å². The van der Waals surface area contributed by atoms with Crippen LogP contribution in [0.25, 0.3) is 0 Å². The molecule has 0 amide bonds. The van der Waals surface area contributed by atoms with Crippen LogP contribution in [0.1, 0.15) is 46.0 Å². The highest BCUT2D eigenvalue weighted by Crippen LogP contribution is 2.44. The Balaban J connectivity index is 2.43. The molecular formula is C17H31NO3. The van der Waals surface area contributed by atoms with Crippen LogP contribution in [0.15, 0.2) is 0 Å². The van der Waals surface area contributed by atoms with Crippen LogP contribution in [-0.2, 0) is 14.3 Å². The number of aldehydes is 1. The second kappa shape index (κ2) is 9.19. The minimum Gasteiger partial charge on any atom is -0.465 e. The van der Waals surface area contributed by atoms with Gasteiger partial charge in [-0.25, -0.2) is 0 Å². The first kappa shape index (κ1) is 18.1. The van der Waals surface area contributed by atoms with E-state index in [4.69, 9.17) is 4.74 Å². The van der Waals surface area contributed by atoms with E-state index < -0.39 is 0 Å². The van der Waals surface area contributed by atoms with Crippen LogP contribution in [0.3, 0.4) is 0 Å². The quantitative estimate of drug-likeness (QED) is 0.434. The summed E-state index contributed by atoms with van der Waals surface area (Å²) in [5, 5.41) is 0. The maximum absolute atomic E-state index is 11.8. The van der Waals surface area contributed by atoms with Crippen molar-refractivity contribution in [3.05, 3.63) is 0 Å². The lowest BCUT2D eigenvalue weighted by molar-refractivity contribution is -0.146. The maximum Gasteiger partial charge on any atom is 0.307 e. The van der Waals surface area contributed by atoms with Crippen LogP contribution < -0.4 is 0 Å². The van der Waals surface area contributed by atoms with Gasteiger partial charge in [-0.1, -0.05) is 20.3 Å². The molecule has 0 bridgehead atoms. The molecule has 1 saturated carbocycles. The van der Waals surface area contributed by atoms with Gasteiger partial charge in [0, 0.05) is 13.0 Å². The minimum atomic E-state index is -0.126. The summed E-state index contributed by atoms with van der Waals surface area (Å²) in [5.74, 6) is 2.11. The molecule has 1 aliphatic carbocycles. The Kier molecular flexibility index (Phi) is 7.94. The predicted octanol–water partition coefficient (Wildman–Crippen LogP) is 2.76. The number of esters is 1. The van der Waals surface area contributed by atoms with Crippen LogP contribution in [-0.4, -0.2) is 44.4 Å². The molecule has 1 fully saturated rings. The average molecular weight is 297 g/mol. The zero-order chi connectivity index (χ0) is 15.8. The molecule has 122 valence electrons. The molecular weight excluding hydrogens is 266 g/mol. The van der Waals surface area contributed by atoms with Gasteiger partial charge in [0.2, 0.25) is 0 Å². The van der Waals surface area contributed by atoms with Gasteiger partial charge in [-0.05, 0) is 50.6 Å². The fourth-order valence-corrected chi connectivity index (χ4v) is 2.92. The van der Waals surface area contributed by atoms with Crippen LogP contribution in [0.5, 0.6) is 0 Å². The standard InChI is InChI=1S/C17H31NO3/c1-5-14(7-9-19)16(11-15-10-13(15)2)12-21-17(20)6-8-18(3)4/h9,13-16H,5-8,10-12H2,1-4H3/t13-,14?,15?,16-/m1/s1. The van der Waals surface area contributed by atoms with Crippen molar-refractivity contribution in [3.8, 4) is 0 Å². The summed E-state index contributed by atoms with van der Waals surface area (Å²) in [7, 11) is 3.89. The monoisotopic (exact) mass is 297 g/mol. The summed E-state index contributed by atoms with van der Waals surface area (Å²) in [6.07, 6.45) is 5.36. The van der Waals surface area contributed by atoms with Gasteiger partial charge >= 0.3 is 5.97 Å². The summed E-state index contributed by atoms with van der Waals surface area (Å²) < 4.78 is 5.47. The zero-order valence-corrected chi connectivity index (χ0v) is 14.0. The van der Waals surface area contributed by atoms with E-state index >= 15 is 0 Å². The molecule has 0 radical (unpaired) electrons. The highest BCUT2D eigenvalue weighted by Gasteiger charge is 2.36. The predicted molar refractivity (Wildman–Crippen MR) is 84.0 cm³/mol. The Morgan fingerprint density at radius 3 is 2.52 bits per heavy atom. The van der Waals surface area contributed by atoms with Crippen molar-refractivity contribution >= 4 is 12.3 Å². The molecule has 0 N–H and O–H groups in total. The number of nitrogens with zero attached hydrogens (tertiary/aromatic N) is 1. The van der Waals surface area contributed by atoms with Gasteiger partial charge < -0.3 is 14.4 Å². The maximum atomic E-state index is 11.8. The number of rotatable bonds is 11. The normalized spacial score (nSPS) is 23.7. The van der Waals surface area contributed by atoms with Gasteiger partial charge in [-0.2, -0.15) is 0 Å². The summed E-state index contributed by atoms with van der Waals surface area (Å²) >= 11 is 0. The molecule has 21 heavy (non-hydrogen) atoms. The van der Waals surface area contributed by atoms with E-state index in [1.807, 2.05) is 19.0 Å². The Bertz CT molecular complexity index is 330. The summed E-state index contributed by atoms with van der Waals surface area (Å²) in [4.78, 5) is 24.6. The second-order valence-corrected chi connectivity index (χ2v) is 6.78. The van der Waals surface area contributed by atoms with E-state index in [1.165, 1.54) is 6.42 Å². The number of hydrogen-bond donors (Lipinski definition) is 0. The van der Waals surface area contributed by atoms with Gasteiger partial charge in [0.05, 0.1) is 13.0 Å². The molecule has 2 unspecified atom stereocenters. The van der Waals surface area contributed by atoms with Crippen molar-refractivity contribution in [2.24, 2.45) is 23.7 Å². The van der Waals surface area contributed by atoms with Crippen molar-refractivity contribution in [2.45, 2.75) is 46.0 Å². The van der Waals surface area contributed by atoms with Crippen molar-refractivity contribution in [1.82, 2.24) is 4.90 Å². The smallest absolute Gasteiger partial charge is 0.307 e. The first-order valence-corrected chi connectivity index (χ1v) is 8.21. The number of ether oxygens (including phenoxy) is 1. The highest BCUT2D eigenvalue weighted by molar-refractivity contribution is 5.69. The lowest BCUT2D eigenvalue weighted by Crippen LogP contribution is -2.25. The van der Waals surface area contributed by atoms with E-state index in [2.05, 4.69) is 13.8 Å². The SMILES string of the molecule is CCC(CC=O)[C@@H](COC(=O)CCN(C)C)CC1C[C@H]1C. The van der Waals surface area contributed by atoms with Gasteiger partial charge in [0.15, 0.2) is 0 Å². The molecule has 0 spiro atoms. The number of hydrogen-bond acceptors (Lipinski definition) is 4. The molecule has 1 rings (SSSR count). The lowest BCUT2D eigenvalue weighted by Gasteiger charge is -2.25. The largest absolute Gasteiger partial charge is 0.465 e. The van der Waals surface area contributed by atoms with E-state index in [0.717, 1.165) is 31.0 Å². The summed E-state index contributed by atoms with van der Waals surface area (Å²) in [5.41, 5.74) is 0. The fourth-order valence-electron chi connectivity index (χ4n) is 2.92. The summed E-state index contributed by atoms with van der Waals surface area (Å²) in [6, 6.07) is 0. The molecule has 4 nitrogen and oxygen atoms in total. The van der Waals surface area contributed by atoms with Crippen LogP contribution in [0, 0.1) is 23.7 Å². The van der Waals surface area contributed by atoms with E-state index in [9.17, 15) is 9.59 Å². The molecule has 4 atom stereocenters. The molecule has 0 saturated heterocycles. The van der Waals surface area contributed by atoms with Gasteiger partial charge in [0.1, 0.15) is 6.29 Å². The fraction of sp³-hybridized carbons (Fsp3) is 0.882. The third-order valence-electron chi connectivity index (χ3n) is 4.69. The topological polar surface area (TPSA) is 46.6 Å². The third-order valence-corrected chi connectivity index (χ3v) is 4.69. The molecule has 0 aromatic carbocycles. The number of carbonyl (C=O) groups excluding carboxylic acids is 2. The molecule has 1 aliphatic rings. The molecule has 4 heteroatoms. The van der Waals surface area contributed by atoms with Crippen molar-refractivity contribution < 1.29 is 14.3 Å². The van der Waals surface area contributed by atoms with Crippen LogP contribution in [0.4, 0.5) is 0 Å². The van der Waals surface area contributed by atoms with E-state index in [1.54, 1.807) is 0 Å². The van der Waals surface area contributed by atoms with Crippen molar-refractivity contribution in [1.29, 1.82) is 0 Å². The molecule has 0 aromatic rings. The minimum absolute atomic E-state index is 0.126. The first-order valence-electron chi connectivity index (χ1n) is 8.21. The Morgan fingerprint density at radius 2 is 2.05 bits per heavy atom. The van der Waals surface area contributed by atoms with Gasteiger partial charge in [-0.3, -0.25) is 4.79 Å². The van der Waals surface area contributed by atoms with Crippen molar-refractivity contribution in [3.63, 3.8) is 0 Å². The second-order valence-electron chi connectivity index (χ2n) is 6.78. The Morgan fingerprint density at radius 1 is 1.38 bits per heavy atom.